The van der Waals surface area contributed by atoms with E-state index in [9.17, 15) is 8.78 Å². The third kappa shape index (κ3) is 2.92. The predicted octanol–water partition coefficient (Wildman–Crippen LogP) is 2.55. The van der Waals surface area contributed by atoms with Crippen LogP contribution in [0.15, 0.2) is 0 Å². The lowest BCUT2D eigenvalue weighted by atomic mass is 9.80. The molecule has 2 nitrogen and oxygen atoms in total. The zero-order chi connectivity index (χ0) is 12.4. The van der Waals surface area contributed by atoms with Gasteiger partial charge < -0.3 is 10.8 Å². The predicted molar refractivity (Wildman–Crippen MR) is 60.4 cm³/mol. The van der Waals surface area contributed by atoms with Crippen molar-refractivity contribution in [3.05, 3.63) is 0 Å². The van der Waals surface area contributed by atoms with Gasteiger partial charge in [-0.2, -0.15) is 0 Å². The molecule has 16 heavy (non-hydrogen) atoms. The average molecular weight is 235 g/mol. The Morgan fingerprint density at radius 3 is 2.31 bits per heavy atom. The summed E-state index contributed by atoms with van der Waals surface area (Å²) in [5.74, 6) is -2.16. The maximum Gasteiger partial charge on any atom is 0.248 e. The van der Waals surface area contributed by atoms with Crippen LogP contribution in [0.25, 0.3) is 0 Å². The minimum absolute atomic E-state index is 0.00429. The number of aliphatic hydroxyl groups excluding tert-OH is 1. The molecule has 0 amide bonds. The summed E-state index contributed by atoms with van der Waals surface area (Å²) in [5.41, 5.74) is 5.32. The molecule has 0 radical (unpaired) electrons. The summed E-state index contributed by atoms with van der Waals surface area (Å²) in [6.45, 7) is 3.92. The van der Waals surface area contributed by atoms with Gasteiger partial charge in [0.15, 0.2) is 0 Å². The number of halogens is 2. The second kappa shape index (κ2) is 4.96. The maximum absolute atomic E-state index is 13.1. The SMILES string of the molecule is CC.NC1(CO)CC2CCC(F)(F)CC2C1. The van der Waals surface area contributed by atoms with E-state index in [-0.39, 0.29) is 25.4 Å². The molecule has 2 rings (SSSR count). The molecule has 0 heterocycles. The van der Waals surface area contributed by atoms with Gasteiger partial charge in [0.05, 0.1) is 6.61 Å². The normalized spacial score (nSPS) is 40.9. The highest BCUT2D eigenvalue weighted by Gasteiger charge is 2.49. The Kier molecular flexibility index (Phi) is 4.29. The lowest BCUT2D eigenvalue weighted by molar-refractivity contribution is -0.0635. The lowest BCUT2D eigenvalue weighted by Gasteiger charge is -2.31. The Morgan fingerprint density at radius 1 is 1.19 bits per heavy atom. The lowest BCUT2D eigenvalue weighted by Crippen LogP contribution is -2.41. The second-order valence-corrected chi connectivity index (χ2v) is 5.05. The molecule has 0 aromatic rings. The van der Waals surface area contributed by atoms with E-state index in [4.69, 9.17) is 10.8 Å². The number of hydrogen-bond acceptors (Lipinski definition) is 2. The van der Waals surface area contributed by atoms with Crippen molar-refractivity contribution in [3.63, 3.8) is 0 Å². The van der Waals surface area contributed by atoms with Gasteiger partial charge in [0.25, 0.3) is 0 Å². The topological polar surface area (TPSA) is 46.2 Å². The summed E-state index contributed by atoms with van der Waals surface area (Å²) in [5, 5.41) is 9.09. The number of alkyl halides is 2. The smallest absolute Gasteiger partial charge is 0.248 e. The molecule has 4 heteroatoms. The summed E-state index contributed by atoms with van der Waals surface area (Å²) in [6.07, 6.45) is 1.80. The van der Waals surface area contributed by atoms with Crippen LogP contribution in [-0.4, -0.2) is 23.2 Å². The monoisotopic (exact) mass is 235 g/mol. The van der Waals surface area contributed by atoms with Crippen LogP contribution in [0.2, 0.25) is 0 Å². The molecule has 2 aliphatic rings. The van der Waals surface area contributed by atoms with Crippen LogP contribution in [0.5, 0.6) is 0 Å². The van der Waals surface area contributed by atoms with Crippen molar-refractivity contribution in [2.45, 2.75) is 57.4 Å². The first-order valence-corrected chi connectivity index (χ1v) is 6.22. The highest BCUT2D eigenvalue weighted by atomic mass is 19.3. The minimum Gasteiger partial charge on any atom is -0.394 e. The summed E-state index contributed by atoms with van der Waals surface area (Å²) >= 11 is 0. The van der Waals surface area contributed by atoms with E-state index in [1.807, 2.05) is 13.8 Å². The molecule has 0 spiro atoms. The zero-order valence-corrected chi connectivity index (χ0v) is 10.2. The van der Waals surface area contributed by atoms with Gasteiger partial charge >= 0.3 is 0 Å². The van der Waals surface area contributed by atoms with E-state index in [1.54, 1.807) is 0 Å². The third-order valence-corrected chi connectivity index (χ3v) is 3.76. The number of hydrogen-bond donors (Lipinski definition) is 2. The third-order valence-electron chi connectivity index (χ3n) is 3.76. The molecule has 0 bridgehead atoms. The van der Waals surface area contributed by atoms with Gasteiger partial charge in [-0.1, -0.05) is 13.8 Å². The molecule has 0 saturated heterocycles. The molecule has 96 valence electrons. The fourth-order valence-electron chi connectivity index (χ4n) is 3.05. The van der Waals surface area contributed by atoms with Gasteiger partial charge in [0.2, 0.25) is 5.92 Å². The van der Waals surface area contributed by atoms with E-state index in [2.05, 4.69) is 0 Å². The first-order valence-electron chi connectivity index (χ1n) is 6.22. The molecule has 0 aromatic carbocycles. The van der Waals surface area contributed by atoms with Crippen LogP contribution in [0, 0.1) is 11.8 Å². The quantitative estimate of drug-likeness (QED) is 0.733. The van der Waals surface area contributed by atoms with Crippen LogP contribution in [-0.2, 0) is 0 Å². The van der Waals surface area contributed by atoms with E-state index < -0.39 is 11.5 Å². The number of rotatable bonds is 1. The Morgan fingerprint density at radius 2 is 1.75 bits per heavy atom. The molecule has 2 aliphatic carbocycles. The van der Waals surface area contributed by atoms with E-state index in [1.165, 1.54) is 0 Å². The van der Waals surface area contributed by atoms with E-state index in [0.717, 1.165) is 0 Å². The Labute approximate surface area is 96.2 Å². The van der Waals surface area contributed by atoms with Crippen LogP contribution in [0.3, 0.4) is 0 Å². The number of aliphatic hydroxyl groups is 1. The molecule has 0 aliphatic heterocycles. The molecular weight excluding hydrogens is 212 g/mol. The summed E-state index contributed by atoms with van der Waals surface area (Å²) in [6, 6.07) is 0. The van der Waals surface area contributed by atoms with Gasteiger partial charge in [-0.25, -0.2) is 8.78 Å². The highest BCUT2D eigenvalue weighted by molar-refractivity contribution is 5.01. The fourth-order valence-corrected chi connectivity index (χ4v) is 3.05. The Hall–Kier alpha value is -0.220. The first kappa shape index (κ1) is 13.8. The van der Waals surface area contributed by atoms with Crippen molar-refractivity contribution < 1.29 is 13.9 Å². The minimum atomic E-state index is -2.50. The number of fused-ring (bicyclic) bond motifs is 1. The second-order valence-electron chi connectivity index (χ2n) is 5.05. The van der Waals surface area contributed by atoms with Crippen molar-refractivity contribution >= 4 is 0 Å². The fraction of sp³-hybridized carbons (Fsp3) is 1.00. The maximum atomic E-state index is 13.1. The van der Waals surface area contributed by atoms with E-state index >= 15 is 0 Å². The van der Waals surface area contributed by atoms with Crippen molar-refractivity contribution in [3.8, 4) is 0 Å². The molecule has 0 aromatic heterocycles. The highest BCUT2D eigenvalue weighted by Crippen LogP contribution is 2.50. The van der Waals surface area contributed by atoms with Gasteiger partial charge in [0.1, 0.15) is 0 Å². The average Bonchev–Trinajstić information content (AvgIpc) is 2.56. The summed E-state index contributed by atoms with van der Waals surface area (Å²) < 4.78 is 26.2. The van der Waals surface area contributed by atoms with Crippen LogP contribution < -0.4 is 5.73 Å². The molecular formula is C12H23F2NO. The standard InChI is InChI=1S/C10H17F2NO.C2H6/c11-10(12)2-1-7-3-9(13,6-14)4-8(7)5-10;1-2/h7-8,14H,1-6,13H2;1-2H3. The van der Waals surface area contributed by atoms with Crippen LogP contribution in [0.4, 0.5) is 8.78 Å². The van der Waals surface area contributed by atoms with Gasteiger partial charge in [-0.3, -0.25) is 0 Å². The Bertz CT molecular complexity index is 235. The van der Waals surface area contributed by atoms with Gasteiger partial charge in [-0.15, -0.1) is 0 Å². The molecule has 3 unspecified atom stereocenters. The summed E-state index contributed by atoms with van der Waals surface area (Å²) in [4.78, 5) is 0. The molecule has 3 atom stereocenters. The van der Waals surface area contributed by atoms with E-state index in [0.29, 0.717) is 25.2 Å². The van der Waals surface area contributed by atoms with Crippen molar-refractivity contribution in [1.82, 2.24) is 0 Å². The van der Waals surface area contributed by atoms with Crippen molar-refractivity contribution in [2.75, 3.05) is 6.61 Å². The van der Waals surface area contributed by atoms with Crippen LogP contribution >= 0.6 is 0 Å². The van der Waals surface area contributed by atoms with Gasteiger partial charge in [0, 0.05) is 18.4 Å². The largest absolute Gasteiger partial charge is 0.394 e. The van der Waals surface area contributed by atoms with Crippen molar-refractivity contribution in [2.24, 2.45) is 17.6 Å². The van der Waals surface area contributed by atoms with Gasteiger partial charge in [-0.05, 0) is 31.1 Å². The molecule has 2 saturated carbocycles. The molecule has 3 N–H and O–H groups in total. The first-order chi connectivity index (χ1) is 7.44. The Balaban J connectivity index is 0.000000606. The number of nitrogens with two attached hydrogens (primary N) is 1. The summed E-state index contributed by atoms with van der Waals surface area (Å²) in [7, 11) is 0. The molecule has 2 fully saturated rings. The van der Waals surface area contributed by atoms with Crippen LogP contribution in [0.1, 0.15) is 46.0 Å². The zero-order valence-electron chi connectivity index (χ0n) is 10.2. The van der Waals surface area contributed by atoms with Crippen molar-refractivity contribution in [1.29, 1.82) is 0 Å².